The summed E-state index contributed by atoms with van der Waals surface area (Å²) in [5.74, 6) is 0. The molecule has 8 heteroatoms. The molecule has 0 amide bonds. The van der Waals surface area contributed by atoms with Gasteiger partial charge in [0.15, 0.2) is 0 Å². The van der Waals surface area contributed by atoms with Crippen LogP contribution in [0.4, 0.5) is 18.9 Å². The van der Waals surface area contributed by atoms with E-state index < -0.39 is 32.4 Å². The smallest absolute Gasteiger partial charge is 0.398 e. The van der Waals surface area contributed by atoms with E-state index in [4.69, 9.17) is 10.3 Å². The van der Waals surface area contributed by atoms with Gasteiger partial charge in [0.1, 0.15) is 4.90 Å². The number of hydrogen-bond donors (Lipinski definition) is 2. The van der Waals surface area contributed by atoms with Gasteiger partial charge in [-0.15, -0.1) is 0 Å². The zero-order valence-electron chi connectivity index (χ0n) is 7.12. The molecule has 84 valence electrons. The molecule has 15 heavy (non-hydrogen) atoms. The van der Waals surface area contributed by atoms with Gasteiger partial charge in [-0.1, -0.05) is 0 Å². The molecule has 0 bridgehead atoms. The van der Waals surface area contributed by atoms with Crippen LogP contribution >= 0.6 is 0 Å². The highest BCUT2D eigenvalue weighted by Crippen LogP contribution is 2.32. The Balaban J connectivity index is 3.43. The Morgan fingerprint density at radius 2 is 1.80 bits per heavy atom. The predicted molar refractivity (Wildman–Crippen MR) is 45.7 cm³/mol. The quantitative estimate of drug-likeness (QED) is 0.577. The molecule has 3 N–H and O–H groups in total. The molecule has 0 aliphatic rings. The number of nitrogen functional groups attached to an aromatic ring is 1. The van der Waals surface area contributed by atoms with Crippen LogP contribution < -0.4 is 5.73 Å². The van der Waals surface area contributed by atoms with Gasteiger partial charge in [-0.25, -0.2) is 0 Å². The van der Waals surface area contributed by atoms with Gasteiger partial charge in [0.2, 0.25) is 0 Å². The van der Waals surface area contributed by atoms with E-state index in [1.54, 1.807) is 0 Å². The van der Waals surface area contributed by atoms with E-state index in [2.05, 4.69) is 0 Å². The van der Waals surface area contributed by atoms with Crippen molar-refractivity contribution >= 4 is 15.8 Å². The Kier molecular flexibility index (Phi) is 2.66. The minimum atomic E-state index is -4.74. The molecule has 4 nitrogen and oxygen atoms in total. The van der Waals surface area contributed by atoms with Crippen molar-refractivity contribution in [3.05, 3.63) is 23.8 Å². The largest absolute Gasteiger partial charge is 0.416 e. The molecule has 1 aromatic rings. The summed E-state index contributed by atoms with van der Waals surface area (Å²) in [5, 5.41) is 0. The fourth-order valence-electron chi connectivity index (χ4n) is 0.934. The molecule has 1 rings (SSSR count). The first-order chi connectivity index (χ1) is 6.62. The van der Waals surface area contributed by atoms with Gasteiger partial charge < -0.3 is 5.73 Å². The second-order valence-electron chi connectivity index (χ2n) is 2.73. The summed E-state index contributed by atoms with van der Waals surface area (Å²) in [6.45, 7) is 0. The van der Waals surface area contributed by atoms with Gasteiger partial charge in [-0.2, -0.15) is 21.6 Å². The number of rotatable bonds is 1. The highest BCUT2D eigenvalue weighted by Gasteiger charge is 2.32. The third-order valence-electron chi connectivity index (χ3n) is 1.62. The molecule has 0 unspecified atom stereocenters. The number of halogens is 3. The van der Waals surface area contributed by atoms with E-state index in [1.807, 2.05) is 0 Å². The molecule has 0 saturated heterocycles. The summed E-state index contributed by atoms with van der Waals surface area (Å²) in [5.41, 5.74) is 3.48. The number of hydrogen-bond acceptors (Lipinski definition) is 3. The van der Waals surface area contributed by atoms with Crippen LogP contribution in [0.15, 0.2) is 23.1 Å². The van der Waals surface area contributed by atoms with Crippen molar-refractivity contribution in [3.63, 3.8) is 0 Å². The van der Waals surface area contributed by atoms with E-state index in [-0.39, 0.29) is 6.07 Å². The first-order valence-electron chi connectivity index (χ1n) is 3.56. The zero-order chi connectivity index (χ0) is 11.9. The third-order valence-corrected chi connectivity index (χ3v) is 2.53. The van der Waals surface area contributed by atoms with E-state index in [0.717, 1.165) is 6.07 Å². The van der Waals surface area contributed by atoms with Crippen LogP contribution in [0, 0.1) is 0 Å². The molecule has 0 saturated carbocycles. The molecule has 0 aromatic heterocycles. The minimum Gasteiger partial charge on any atom is -0.398 e. The normalized spacial score (nSPS) is 12.8. The fourth-order valence-corrected chi connectivity index (χ4v) is 1.58. The van der Waals surface area contributed by atoms with Crippen molar-refractivity contribution in [2.24, 2.45) is 0 Å². The van der Waals surface area contributed by atoms with Crippen LogP contribution in [0.3, 0.4) is 0 Å². The van der Waals surface area contributed by atoms with Crippen LogP contribution in [-0.4, -0.2) is 13.0 Å². The Labute approximate surface area is 83.3 Å². The molecule has 0 aliphatic carbocycles. The summed E-state index contributed by atoms with van der Waals surface area (Å²) in [6, 6.07) is 1.68. The zero-order valence-corrected chi connectivity index (χ0v) is 7.93. The molecule has 0 radical (unpaired) electrons. The van der Waals surface area contributed by atoms with Crippen LogP contribution in [0.5, 0.6) is 0 Å². The van der Waals surface area contributed by atoms with Crippen molar-refractivity contribution in [1.82, 2.24) is 0 Å². The monoisotopic (exact) mass is 241 g/mol. The second kappa shape index (κ2) is 3.38. The van der Waals surface area contributed by atoms with Crippen molar-refractivity contribution in [2.75, 3.05) is 5.73 Å². The standard InChI is InChI=1S/C7H6F3NO3S/c8-7(9,10)4-1-2-5(11)6(3-4)15(12,13)14/h1-3H,11H2,(H,12,13,14). The number of alkyl halides is 3. The maximum atomic E-state index is 12.2. The number of anilines is 1. The van der Waals surface area contributed by atoms with E-state index in [9.17, 15) is 21.6 Å². The summed E-state index contributed by atoms with van der Waals surface area (Å²) < 4.78 is 66.4. The summed E-state index contributed by atoms with van der Waals surface area (Å²) in [4.78, 5) is -0.947. The van der Waals surface area contributed by atoms with Crippen molar-refractivity contribution in [2.45, 2.75) is 11.1 Å². The number of benzene rings is 1. The van der Waals surface area contributed by atoms with Crippen molar-refractivity contribution in [1.29, 1.82) is 0 Å². The lowest BCUT2D eigenvalue weighted by Crippen LogP contribution is -2.09. The predicted octanol–water partition coefficient (Wildman–Crippen LogP) is 1.53. The number of nitrogens with two attached hydrogens (primary N) is 1. The summed E-state index contributed by atoms with van der Waals surface area (Å²) in [7, 11) is -4.74. The van der Waals surface area contributed by atoms with Gasteiger partial charge in [0, 0.05) is 0 Å². The Morgan fingerprint density at radius 1 is 1.27 bits per heavy atom. The minimum absolute atomic E-state index is 0.282. The molecular formula is C7H6F3NO3S. The van der Waals surface area contributed by atoms with Crippen LogP contribution in [0.1, 0.15) is 5.56 Å². The Bertz CT molecular complexity index is 481. The van der Waals surface area contributed by atoms with E-state index in [0.29, 0.717) is 6.07 Å². The average Bonchev–Trinajstić information content (AvgIpc) is 2.00. The topological polar surface area (TPSA) is 80.4 Å². The maximum absolute atomic E-state index is 12.2. The summed E-state index contributed by atoms with van der Waals surface area (Å²) >= 11 is 0. The highest BCUT2D eigenvalue weighted by atomic mass is 32.2. The van der Waals surface area contributed by atoms with Crippen molar-refractivity contribution in [3.8, 4) is 0 Å². The maximum Gasteiger partial charge on any atom is 0.416 e. The fraction of sp³-hybridized carbons (Fsp3) is 0.143. The molecular weight excluding hydrogens is 235 g/mol. The third kappa shape index (κ3) is 2.60. The first-order valence-corrected chi connectivity index (χ1v) is 5.00. The van der Waals surface area contributed by atoms with Gasteiger partial charge in [-0.3, -0.25) is 4.55 Å². The van der Waals surface area contributed by atoms with E-state index >= 15 is 0 Å². The molecule has 0 atom stereocenters. The van der Waals surface area contributed by atoms with Crippen LogP contribution in [0.25, 0.3) is 0 Å². The van der Waals surface area contributed by atoms with Crippen molar-refractivity contribution < 1.29 is 26.1 Å². The van der Waals surface area contributed by atoms with Gasteiger partial charge >= 0.3 is 6.18 Å². The Morgan fingerprint density at radius 3 is 2.20 bits per heavy atom. The van der Waals surface area contributed by atoms with Crippen LogP contribution in [0.2, 0.25) is 0 Å². The van der Waals surface area contributed by atoms with Gasteiger partial charge in [0.25, 0.3) is 10.1 Å². The average molecular weight is 241 g/mol. The molecule has 0 spiro atoms. The first kappa shape index (κ1) is 11.8. The van der Waals surface area contributed by atoms with Gasteiger partial charge in [-0.05, 0) is 18.2 Å². The lowest BCUT2D eigenvalue weighted by Gasteiger charge is -2.09. The lowest BCUT2D eigenvalue weighted by molar-refractivity contribution is -0.137. The molecule has 0 fully saturated rings. The summed E-state index contributed by atoms with van der Waals surface area (Å²) in [6.07, 6.45) is -4.69. The molecule has 0 heterocycles. The van der Waals surface area contributed by atoms with Crippen LogP contribution in [-0.2, 0) is 16.3 Å². The molecule has 0 aliphatic heterocycles. The Hall–Kier alpha value is -1.28. The molecule has 1 aromatic carbocycles. The highest BCUT2D eigenvalue weighted by molar-refractivity contribution is 7.86. The van der Waals surface area contributed by atoms with E-state index in [1.165, 1.54) is 0 Å². The second-order valence-corrected chi connectivity index (χ2v) is 4.12. The van der Waals surface area contributed by atoms with Gasteiger partial charge in [0.05, 0.1) is 11.3 Å². The lowest BCUT2D eigenvalue weighted by atomic mass is 10.2. The SMILES string of the molecule is Nc1ccc(C(F)(F)F)cc1S(=O)(=O)O.